The van der Waals surface area contributed by atoms with Gasteiger partial charge in [0.05, 0.1) is 11.0 Å². The molecule has 1 amide bonds. The van der Waals surface area contributed by atoms with Crippen molar-refractivity contribution >= 4 is 22.9 Å². The van der Waals surface area contributed by atoms with Gasteiger partial charge in [-0.05, 0) is 38.3 Å². The van der Waals surface area contributed by atoms with E-state index in [4.69, 9.17) is 5.73 Å². The molecule has 0 spiro atoms. The summed E-state index contributed by atoms with van der Waals surface area (Å²) in [7, 11) is 0. The smallest absolute Gasteiger partial charge is 0.243 e. The van der Waals surface area contributed by atoms with Crippen molar-refractivity contribution < 1.29 is 9.18 Å². The van der Waals surface area contributed by atoms with Crippen molar-refractivity contribution in [2.45, 2.75) is 38.8 Å². The third-order valence-corrected chi connectivity index (χ3v) is 3.69. The van der Waals surface area contributed by atoms with Gasteiger partial charge >= 0.3 is 0 Å². The summed E-state index contributed by atoms with van der Waals surface area (Å²) in [4.78, 5) is 16.3. The first-order chi connectivity index (χ1) is 9.47. The number of amides is 1. The van der Waals surface area contributed by atoms with E-state index in [0.29, 0.717) is 22.6 Å². The van der Waals surface area contributed by atoms with Crippen molar-refractivity contribution in [3.8, 4) is 0 Å². The molecule has 3 rings (SSSR count). The van der Waals surface area contributed by atoms with Crippen LogP contribution in [0, 0.1) is 12.7 Å². The zero-order chi connectivity index (χ0) is 14.4. The molecule has 0 bridgehead atoms. The number of aryl methyl sites for hydroxylation is 1. The fourth-order valence-corrected chi connectivity index (χ4v) is 2.31. The third kappa shape index (κ3) is 2.11. The normalized spacial score (nSPS) is 16.4. The molecule has 5 nitrogen and oxygen atoms in total. The van der Waals surface area contributed by atoms with Crippen molar-refractivity contribution in [2.75, 3.05) is 5.73 Å². The average Bonchev–Trinajstić information content (AvgIpc) is 3.13. The van der Waals surface area contributed by atoms with Crippen LogP contribution in [-0.2, 0) is 4.79 Å². The average molecular weight is 276 g/mol. The summed E-state index contributed by atoms with van der Waals surface area (Å²) < 4.78 is 15.2. The van der Waals surface area contributed by atoms with E-state index in [9.17, 15) is 9.18 Å². The number of fused-ring (bicyclic) bond motifs is 1. The molecule has 20 heavy (non-hydrogen) atoms. The van der Waals surface area contributed by atoms with Gasteiger partial charge in [0, 0.05) is 12.1 Å². The lowest BCUT2D eigenvalue weighted by atomic mass is 10.2. The minimum Gasteiger partial charge on any atom is -0.369 e. The Balaban J connectivity index is 2.02. The maximum Gasteiger partial charge on any atom is 0.243 e. The number of nitrogens with zero attached hydrogens (tertiary/aromatic N) is 2. The van der Waals surface area contributed by atoms with Crippen molar-refractivity contribution in [3.63, 3.8) is 0 Å². The number of hydrogen-bond acceptors (Lipinski definition) is 3. The molecule has 1 atom stereocenters. The van der Waals surface area contributed by atoms with Crippen LogP contribution in [0.25, 0.3) is 11.0 Å². The van der Waals surface area contributed by atoms with Gasteiger partial charge in [-0.25, -0.2) is 9.37 Å². The lowest BCUT2D eigenvalue weighted by Crippen LogP contribution is -2.32. The predicted molar refractivity (Wildman–Crippen MR) is 74.7 cm³/mol. The van der Waals surface area contributed by atoms with Crippen LogP contribution in [0.1, 0.15) is 31.4 Å². The molecule has 1 aromatic heterocycles. The van der Waals surface area contributed by atoms with E-state index in [1.54, 1.807) is 24.5 Å². The summed E-state index contributed by atoms with van der Waals surface area (Å²) in [6.07, 6.45) is 2.06. The van der Waals surface area contributed by atoms with E-state index in [-0.39, 0.29) is 17.7 Å². The van der Waals surface area contributed by atoms with E-state index in [1.165, 1.54) is 6.07 Å². The van der Waals surface area contributed by atoms with Crippen LogP contribution >= 0.6 is 0 Å². The number of aromatic nitrogens is 2. The highest BCUT2D eigenvalue weighted by Crippen LogP contribution is 2.26. The summed E-state index contributed by atoms with van der Waals surface area (Å²) in [5.74, 6) is -0.179. The van der Waals surface area contributed by atoms with Gasteiger partial charge in [-0.15, -0.1) is 0 Å². The zero-order valence-corrected chi connectivity index (χ0v) is 11.5. The number of hydrogen-bond donors (Lipinski definition) is 2. The number of nitrogens with one attached hydrogen (secondary N) is 1. The molecule has 6 heteroatoms. The maximum atomic E-state index is 13.6. The SMILES string of the molecule is Cc1cc2c(cc1F)nc(N)n2C(C)C(=O)NC1CC1. The molecule has 1 saturated carbocycles. The monoisotopic (exact) mass is 276 g/mol. The number of carbonyl (C=O) groups excluding carboxylic acids is 1. The molecule has 1 heterocycles. The Kier molecular flexibility index (Phi) is 2.88. The second-order valence-electron chi connectivity index (χ2n) is 5.39. The van der Waals surface area contributed by atoms with Gasteiger partial charge in [-0.2, -0.15) is 0 Å². The summed E-state index contributed by atoms with van der Waals surface area (Å²) in [6.45, 7) is 3.45. The highest BCUT2D eigenvalue weighted by atomic mass is 19.1. The molecule has 0 aliphatic heterocycles. The summed E-state index contributed by atoms with van der Waals surface area (Å²) in [5, 5.41) is 2.94. The van der Waals surface area contributed by atoms with Gasteiger partial charge in [0.2, 0.25) is 11.9 Å². The van der Waals surface area contributed by atoms with E-state index >= 15 is 0 Å². The number of nitrogens with two attached hydrogens (primary N) is 1. The quantitative estimate of drug-likeness (QED) is 0.899. The fourth-order valence-electron chi connectivity index (χ4n) is 2.31. The first-order valence-corrected chi connectivity index (χ1v) is 6.71. The zero-order valence-electron chi connectivity index (χ0n) is 11.5. The van der Waals surface area contributed by atoms with Crippen LogP contribution in [0.3, 0.4) is 0 Å². The number of rotatable bonds is 3. The molecule has 2 aromatic rings. The fraction of sp³-hybridized carbons (Fsp3) is 0.429. The minimum absolute atomic E-state index is 0.0829. The Hall–Kier alpha value is -2.11. The number of anilines is 1. The highest BCUT2D eigenvalue weighted by molar-refractivity contribution is 5.86. The van der Waals surface area contributed by atoms with Gasteiger partial charge in [-0.1, -0.05) is 0 Å². The van der Waals surface area contributed by atoms with E-state index < -0.39 is 6.04 Å². The van der Waals surface area contributed by atoms with Crippen LogP contribution in [-0.4, -0.2) is 21.5 Å². The molecule has 1 aromatic carbocycles. The van der Waals surface area contributed by atoms with Crippen LogP contribution in [0.2, 0.25) is 0 Å². The second kappa shape index (κ2) is 4.47. The Bertz CT molecular complexity index is 690. The topological polar surface area (TPSA) is 72.9 Å². The van der Waals surface area contributed by atoms with Gasteiger partial charge in [0.1, 0.15) is 11.9 Å². The molecule has 3 N–H and O–H groups in total. The Morgan fingerprint density at radius 3 is 2.90 bits per heavy atom. The van der Waals surface area contributed by atoms with Crippen molar-refractivity contribution in [3.05, 3.63) is 23.5 Å². The molecular weight excluding hydrogens is 259 g/mol. The third-order valence-electron chi connectivity index (χ3n) is 3.69. The number of carbonyl (C=O) groups is 1. The molecule has 0 radical (unpaired) electrons. The first kappa shape index (κ1) is 12.9. The maximum absolute atomic E-state index is 13.6. The number of benzene rings is 1. The van der Waals surface area contributed by atoms with Crippen LogP contribution in [0.5, 0.6) is 0 Å². The minimum atomic E-state index is -0.467. The summed E-state index contributed by atoms with van der Waals surface area (Å²) in [5.41, 5.74) is 7.55. The van der Waals surface area contributed by atoms with Crippen molar-refractivity contribution in [1.82, 2.24) is 14.9 Å². The standard InChI is InChI=1S/C14H17FN4O/c1-7-5-12-11(6-10(7)15)18-14(16)19(12)8(2)13(20)17-9-3-4-9/h5-6,8-9H,3-4H2,1-2H3,(H2,16,18)(H,17,20). The Morgan fingerprint density at radius 1 is 1.55 bits per heavy atom. The predicted octanol–water partition coefficient (Wildman–Crippen LogP) is 1.91. The molecule has 1 aliphatic rings. The van der Waals surface area contributed by atoms with Crippen LogP contribution < -0.4 is 11.1 Å². The van der Waals surface area contributed by atoms with Gasteiger partial charge in [0.25, 0.3) is 0 Å². The lowest BCUT2D eigenvalue weighted by Gasteiger charge is -2.16. The Morgan fingerprint density at radius 2 is 2.25 bits per heavy atom. The van der Waals surface area contributed by atoms with Gasteiger partial charge in [-0.3, -0.25) is 9.36 Å². The molecular formula is C14H17FN4O. The second-order valence-corrected chi connectivity index (χ2v) is 5.39. The van der Waals surface area contributed by atoms with Crippen molar-refractivity contribution in [1.29, 1.82) is 0 Å². The van der Waals surface area contributed by atoms with Crippen molar-refractivity contribution in [2.24, 2.45) is 0 Å². The largest absolute Gasteiger partial charge is 0.369 e. The molecule has 1 unspecified atom stereocenters. The summed E-state index contributed by atoms with van der Waals surface area (Å²) in [6, 6.07) is 2.85. The highest BCUT2D eigenvalue weighted by Gasteiger charge is 2.27. The molecule has 106 valence electrons. The van der Waals surface area contributed by atoms with Crippen LogP contribution in [0.4, 0.5) is 10.3 Å². The van der Waals surface area contributed by atoms with E-state index in [1.807, 2.05) is 0 Å². The van der Waals surface area contributed by atoms with Gasteiger partial charge in [0.15, 0.2) is 0 Å². The van der Waals surface area contributed by atoms with Gasteiger partial charge < -0.3 is 11.1 Å². The number of imidazole rings is 1. The summed E-state index contributed by atoms with van der Waals surface area (Å²) >= 11 is 0. The number of nitrogen functional groups attached to an aromatic ring is 1. The van der Waals surface area contributed by atoms with Crippen LogP contribution in [0.15, 0.2) is 12.1 Å². The Labute approximate surface area is 116 Å². The molecule has 1 fully saturated rings. The molecule has 1 aliphatic carbocycles. The first-order valence-electron chi connectivity index (χ1n) is 6.71. The number of halogens is 1. The van der Waals surface area contributed by atoms with E-state index in [0.717, 1.165) is 12.8 Å². The lowest BCUT2D eigenvalue weighted by molar-refractivity contribution is -0.123. The molecule has 0 saturated heterocycles. The van der Waals surface area contributed by atoms with E-state index in [2.05, 4.69) is 10.3 Å².